The Morgan fingerprint density at radius 2 is 1.25 bits per heavy atom. The van der Waals surface area contributed by atoms with Gasteiger partial charge in [-0.25, -0.2) is 21.8 Å². The summed E-state index contributed by atoms with van der Waals surface area (Å²) in [5.74, 6) is 0. The van der Waals surface area contributed by atoms with Crippen LogP contribution in [-0.4, -0.2) is 51.8 Å². The minimum atomic E-state index is -6.72. The Morgan fingerprint density at radius 1 is 0.857 bits per heavy atom. The second-order valence-electron chi connectivity index (χ2n) is 5.74. The molecule has 1 rings (SSSR count). The number of alkyl halides is 6. The van der Waals surface area contributed by atoms with Gasteiger partial charge in [-0.2, -0.15) is 26.3 Å². The van der Waals surface area contributed by atoms with Crippen molar-refractivity contribution in [3.8, 4) is 0 Å². The van der Waals surface area contributed by atoms with Gasteiger partial charge in [-0.05, 0) is 12.8 Å². The highest BCUT2D eigenvalue weighted by Crippen LogP contribution is 2.36. The van der Waals surface area contributed by atoms with Crippen LogP contribution in [0.5, 0.6) is 0 Å². The summed E-state index contributed by atoms with van der Waals surface area (Å²) in [6.07, 6.45) is 11.4. The molecule has 0 fully saturated rings. The second-order valence-corrected chi connectivity index (χ2v) is 9.16. The van der Waals surface area contributed by atoms with Gasteiger partial charge in [-0.3, -0.25) is 4.48 Å². The fourth-order valence-corrected chi connectivity index (χ4v) is 3.59. The summed E-state index contributed by atoms with van der Waals surface area (Å²) in [7, 11) is -13.4. The largest absolute Gasteiger partial charge is 0.480 e. The third-order valence-electron chi connectivity index (χ3n) is 3.38. The van der Waals surface area contributed by atoms with Gasteiger partial charge in [0.1, 0.15) is 6.20 Å². The van der Waals surface area contributed by atoms with Gasteiger partial charge in [-0.1, -0.05) is 26.7 Å². The normalized spacial score (nSPS) is 16.7. The van der Waals surface area contributed by atoms with Crippen molar-refractivity contribution >= 4 is 26.4 Å². The number of rotatable bonds is 8. The molecule has 0 bridgehead atoms. The first kappa shape index (κ1) is 26.8. The molecule has 28 heavy (non-hydrogen) atoms. The molecule has 0 atom stereocenters. The molecule has 0 aromatic rings. The van der Waals surface area contributed by atoms with E-state index >= 15 is 0 Å². The maximum atomic E-state index is 11.4. The summed E-state index contributed by atoms with van der Waals surface area (Å²) in [5, 5.41) is 0. The Labute approximate surface area is 159 Å². The number of halogens is 6. The van der Waals surface area contributed by atoms with Crippen molar-refractivity contribution in [3.63, 3.8) is 0 Å². The van der Waals surface area contributed by atoms with Gasteiger partial charge >= 0.3 is 11.0 Å². The average Bonchev–Trinajstić information content (AvgIpc) is 2.98. The molecule has 7 nitrogen and oxygen atoms in total. The molecular formula is C13H21F6N3O4S2. The molecule has 1 heterocycles. The fraction of sp³-hybridized carbons (Fsp3) is 0.769. The smallest absolute Gasteiger partial charge is 0.421 e. The van der Waals surface area contributed by atoms with E-state index in [1.54, 1.807) is 0 Å². The summed E-state index contributed by atoms with van der Waals surface area (Å²) in [6.45, 7) is 6.92. The second kappa shape index (κ2) is 10.0. The van der Waals surface area contributed by atoms with Gasteiger partial charge < -0.3 is 4.13 Å². The van der Waals surface area contributed by atoms with Crippen molar-refractivity contribution in [1.29, 1.82) is 0 Å². The molecule has 0 N–H and O–H groups in total. The van der Waals surface area contributed by atoms with Crippen LogP contribution >= 0.6 is 0 Å². The molecule has 0 saturated heterocycles. The van der Waals surface area contributed by atoms with Crippen LogP contribution in [0.25, 0.3) is 4.13 Å². The molecule has 15 heteroatoms. The van der Waals surface area contributed by atoms with E-state index in [9.17, 15) is 43.2 Å². The molecule has 0 aromatic carbocycles. The Hall–Kier alpha value is -1.19. The van der Waals surface area contributed by atoms with E-state index in [1.807, 2.05) is 6.20 Å². The Kier molecular flexibility index (Phi) is 9.60. The zero-order valence-corrected chi connectivity index (χ0v) is 16.7. The van der Waals surface area contributed by atoms with E-state index in [2.05, 4.69) is 31.4 Å². The summed E-state index contributed by atoms with van der Waals surface area (Å²) in [4.78, 5) is 4.21. The summed E-state index contributed by atoms with van der Waals surface area (Å²) in [6, 6.07) is 0. The lowest BCUT2D eigenvalue weighted by Crippen LogP contribution is -2.41. The molecule has 0 unspecified atom stereocenters. The number of aliphatic imine (C=N–C) groups is 1. The minimum Gasteiger partial charge on any atom is -0.421 e. The first-order valence-electron chi connectivity index (χ1n) is 7.99. The lowest BCUT2D eigenvalue weighted by molar-refractivity contribution is -0.780. The van der Waals surface area contributed by atoms with E-state index in [-0.39, 0.29) is 0 Å². The summed E-state index contributed by atoms with van der Waals surface area (Å²) < 4.78 is 110. The molecule has 0 saturated carbocycles. The number of sulfonamides is 2. The Bertz CT molecular complexity index is 694. The molecule has 1 aliphatic heterocycles. The molecule has 0 spiro atoms. The molecule has 0 aliphatic carbocycles. The van der Waals surface area contributed by atoms with Crippen molar-refractivity contribution < 1.29 is 47.7 Å². The topological polar surface area (TPSA) is 94.7 Å². The van der Waals surface area contributed by atoms with E-state index in [1.165, 1.54) is 38.8 Å². The molecular weight excluding hydrogens is 440 g/mol. The zero-order valence-electron chi connectivity index (χ0n) is 15.0. The third-order valence-corrected chi connectivity index (χ3v) is 6.12. The SMILES string of the molecule is CCCC[N+]1(CCCC)C=CN=C1.O=S(=O)([N-]S(=O)(=O)C(F)(F)F)C(F)(F)F. The average molecular weight is 461 g/mol. The van der Waals surface area contributed by atoms with Gasteiger partial charge in [0, 0.05) is 0 Å². The van der Waals surface area contributed by atoms with Gasteiger partial charge in [0.2, 0.25) is 0 Å². The van der Waals surface area contributed by atoms with E-state index in [0.29, 0.717) is 0 Å². The maximum absolute atomic E-state index is 11.4. The molecule has 1 aliphatic rings. The molecule has 0 aromatic heterocycles. The van der Waals surface area contributed by atoms with E-state index < -0.39 is 31.1 Å². The quantitative estimate of drug-likeness (QED) is 0.404. The highest BCUT2D eigenvalue weighted by molar-refractivity contribution is 8.13. The standard InChI is InChI=1S/C11H21N2.C2F6NO4S2/c1-3-5-8-13(9-6-4-2)10-7-12-11-13;3-1(4,5)14(10,11)9-15(12,13)2(6,7)8/h7,10-11H,3-6,8-9H2,1-2H3;/q+1;-1. The first-order valence-corrected chi connectivity index (χ1v) is 10.9. The monoisotopic (exact) mass is 461 g/mol. The number of nitrogens with zero attached hydrogens (tertiary/aromatic N) is 3. The van der Waals surface area contributed by atoms with Crippen LogP contribution in [0.2, 0.25) is 0 Å². The first-order chi connectivity index (χ1) is 12.5. The van der Waals surface area contributed by atoms with Crippen molar-refractivity contribution in [2.45, 2.75) is 50.5 Å². The van der Waals surface area contributed by atoms with Gasteiger partial charge in [-0.15, -0.1) is 0 Å². The predicted octanol–water partition coefficient (Wildman–Crippen LogP) is 3.98. The number of quaternary nitrogens is 1. The van der Waals surface area contributed by atoms with Crippen LogP contribution in [0.3, 0.4) is 0 Å². The lowest BCUT2D eigenvalue weighted by Gasteiger charge is -2.27. The van der Waals surface area contributed by atoms with Crippen LogP contribution < -0.4 is 0 Å². The van der Waals surface area contributed by atoms with Crippen LogP contribution in [0.1, 0.15) is 39.5 Å². The van der Waals surface area contributed by atoms with Crippen LogP contribution in [0.15, 0.2) is 17.4 Å². The highest BCUT2D eigenvalue weighted by atomic mass is 32.3. The highest BCUT2D eigenvalue weighted by Gasteiger charge is 2.46. The van der Waals surface area contributed by atoms with Crippen LogP contribution in [-0.2, 0) is 20.0 Å². The van der Waals surface area contributed by atoms with Crippen molar-refractivity contribution in [2.75, 3.05) is 13.1 Å². The Balaban J connectivity index is 0.000000525. The van der Waals surface area contributed by atoms with Crippen LogP contribution in [0.4, 0.5) is 26.3 Å². The molecule has 166 valence electrons. The van der Waals surface area contributed by atoms with Gasteiger partial charge in [0.05, 0.1) is 19.3 Å². The van der Waals surface area contributed by atoms with Crippen molar-refractivity contribution in [1.82, 2.24) is 0 Å². The van der Waals surface area contributed by atoms with E-state index in [4.69, 9.17) is 0 Å². The Morgan fingerprint density at radius 3 is 1.50 bits per heavy atom. The molecule has 0 radical (unpaired) electrons. The number of unbranched alkanes of at least 4 members (excludes halogenated alkanes) is 2. The third kappa shape index (κ3) is 8.05. The summed E-state index contributed by atoms with van der Waals surface area (Å²) in [5.41, 5.74) is -12.4. The van der Waals surface area contributed by atoms with E-state index in [0.717, 1.165) is 8.61 Å². The number of hydrogen-bond acceptors (Lipinski definition) is 5. The fourth-order valence-electron chi connectivity index (χ4n) is 1.88. The minimum absolute atomic E-state index is 0.778. The van der Waals surface area contributed by atoms with Gasteiger partial charge in [0.15, 0.2) is 26.4 Å². The van der Waals surface area contributed by atoms with Crippen molar-refractivity contribution in [2.24, 2.45) is 4.99 Å². The molecule has 0 amide bonds. The predicted molar refractivity (Wildman–Crippen MR) is 90.8 cm³/mol. The van der Waals surface area contributed by atoms with Crippen LogP contribution in [0, 0.1) is 0 Å². The number of hydrogen-bond donors (Lipinski definition) is 0. The van der Waals surface area contributed by atoms with Crippen molar-refractivity contribution in [3.05, 3.63) is 16.5 Å². The summed E-state index contributed by atoms with van der Waals surface area (Å²) >= 11 is 0. The lowest BCUT2D eigenvalue weighted by atomic mass is 10.2. The maximum Gasteiger partial charge on any atom is 0.480 e. The van der Waals surface area contributed by atoms with Gasteiger partial charge in [0.25, 0.3) is 0 Å². The zero-order chi connectivity index (χ0) is 22.3.